The molecule has 5 nitrogen and oxygen atoms in total. The largest absolute Gasteiger partial charge is 0.480 e. The van der Waals surface area contributed by atoms with Crippen LogP contribution in [0.5, 0.6) is 5.75 Å². The van der Waals surface area contributed by atoms with Crippen molar-refractivity contribution in [3.63, 3.8) is 0 Å². The maximum atomic E-state index is 12.3. The number of hydrogen-bond donors (Lipinski definition) is 1. The number of halogens is 2. The molecule has 0 bridgehead atoms. The molecular weight excluding hydrogens is 317 g/mol. The van der Waals surface area contributed by atoms with Gasteiger partial charge in [-0.05, 0) is 31.9 Å². The number of carbonyl (C=O) groups is 2. The molecule has 1 amide bonds. The summed E-state index contributed by atoms with van der Waals surface area (Å²) < 4.78 is 5.53. The molecule has 0 spiro atoms. The minimum absolute atomic E-state index is 0.232. The fourth-order valence-corrected chi connectivity index (χ4v) is 2.67. The second-order valence-electron chi connectivity index (χ2n) is 4.84. The van der Waals surface area contributed by atoms with E-state index in [-0.39, 0.29) is 10.9 Å². The van der Waals surface area contributed by atoms with E-state index < -0.39 is 18.1 Å². The maximum absolute atomic E-state index is 12.3. The lowest BCUT2D eigenvalue weighted by Gasteiger charge is -2.25. The molecule has 2 atom stereocenters. The van der Waals surface area contributed by atoms with E-state index >= 15 is 0 Å². The molecule has 1 N–H and O–H groups in total. The van der Waals surface area contributed by atoms with Crippen LogP contribution in [0.25, 0.3) is 0 Å². The highest BCUT2D eigenvalue weighted by Gasteiger charge is 2.36. The normalized spacial score (nSPS) is 19.4. The summed E-state index contributed by atoms with van der Waals surface area (Å²) in [6.45, 7) is 1.99. The number of carboxylic acid groups (broad SMARTS) is 1. The first-order valence-electron chi connectivity index (χ1n) is 6.55. The lowest BCUT2D eigenvalue weighted by molar-refractivity contribution is -0.150. The molecule has 1 aliphatic rings. The zero-order chi connectivity index (χ0) is 15.6. The summed E-state index contributed by atoms with van der Waals surface area (Å²) >= 11 is 11.9. The average Bonchev–Trinajstić information content (AvgIpc) is 2.92. The minimum atomic E-state index is -0.992. The number of amides is 1. The van der Waals surface area contributed by atoms with E-state index in [0.717, 1.165) is 0 Å². The van der Waals surface area contributed by atoms with E-state index in [4.69, 9.17) is 33.0 Å². The highest BCUT2D eigenvalue weighted by atomic mass is 35.5. The van der Waals surface area contributed by atoms with Gasteiger partial charge in [-0.25, -0.2) is 4.79 Å². The molecule has 1 aromatic rings. The monoisotopic (exact) mass is 331 g/mol. The minimum Gasteiger partial charge on any atom is -0.480 e. The van der Waals surface area contributed by atoms with Crippen molar-refractivity contribution < 1.29 is 19.4 Å². The van der Waals surface area contributed by atoms with Crippen molar-refractivity contribution in [2.75, 3.05) is 6.54 Å². The van der Waals surface area contributed by atoms with Crippen LogP contribution in [0.15, 0.2) is 18.2 Å². The molecule has 0 aliphatic carbocycles. The van der Waals surface area contributed by atoms with Crippen LogP contribution in [0.2, 0.25) is 10.0 Å². The van der Waals surface area contributed by atoms with Crippen molar-refractivity contribution in [3.8, 4) is 5.75 Å². The Balaban J connectivity index is 2.09. The SMILES string of the molecule is CC(Oc1cccc(Cl)c1Cl)C(=O)N1CCC[C@H]1C(=O)O. The summed E-state index contributed by atoms with van der Waals surface area (Å²) in [5, 5.41) is 9.67. The topological polar surface area (TPSA) is 66.8 Å². The van der Waals surface area contributed by atoms with Crippen molar-refractivity contribution in [3.05, 3.63) is 28.2 Å². The van der Waals surface area contributed by atoms with E-state index in [1.165, 1.54) is 4.90 Å². The number of carbonyl (C=O) groups excluding carboxylic acids is 1. The number of ether oxygens (including phenoxy) is 1. The Hall–Kier alpha value is -1.46. The number of hydrogen-bond acceptors (Lipinski definition) is 3. The van der Waals surface area contributed by atoms with Gasteiger partial charge in [-0.15, -0.1) is 0 Å². The Morgan fingerprint density at radius 3 is 2.81 bits per heavy atom. The first kappa shape index (κ1) is 15.9. The van der Waals surface area contributed by atoms with E-state index in [2.05, 4.69) is 0 Å². The molecule has 1 fully saturated rings. The van der Waals surface area contributed by atoms with Crippen LogP contribution in [0.3, 0.4) is 0 Å². The van der Waals surface area contributed by atoms with Gasteiger partial charge in [0.1, 0.15) is 16.8 Å². The van der Waals surface area contributed by atoms with E-state index in [0.29, 0.717) is 30.2 Å². The smallest absolute Gasteiger partial charge is 0.326 e. The molecule has 1 saturated heterocycles. The third-order valence-corrected chi connectivity index (χ3v) is 4.19. The van der Waals surface area contributed by atoms with Crippen molar-refractivity contribution in [1.29, 1.82) is 0 Å². The van der Waals surface area contributed by atoms with Crippen LogP contribution in [-0.2, 0) is 9.59 Å². The number of nitrogens with zero attached hydrogens (tertiary/aromatic N) is 1. The van der Waals surface area contributed by atoms with Crippen LogP contribution in [0.1, 0.15) is 19.8 Å². The lowest BCUT2D eigenvalue weighted by atomic mass is 10.2. The van der Waals surface area contributed by atoms with Crippen molar-refractivity contribution in [2.45, 2.75) is 31.9 Å². The molecule has 0 aromatic heterocycles. The van der Waals surface area contributed by atoms with Gasteiger partial charge in [0.05, 0.1) is 5.02 Å². The second-order valence-corrected chi connectivity index (χ2v) is 5.63. The molecule has 1 heterocycles. The van der Waals surface area contributed by atoms with Crippen LogP contribution in [-0.4, -0.2) is 40.6 Å². The molecule has 0 radical (unpaired) electrons. The van der Waals surface area contributed by atoms with Gasteiger partial charge in [0, 0.05) is 6.54 Å². The molecule has 1 aliphatic heterocycles. The summed E-state index contributed by atoms with van der Waals surface area (Å²) in [6, 6.07) is 4.11. The molecule has 21 heavy (non-hydrogen) atoms. The molecule has 7 heteroatoms. The van der Waals surface area contributed by atoms with E-state index in [1.54, 1.807) is 25.1 Å². The summed E-state index contributed by atoms with van der Waals surface area (Å²) in [7, 11) is 0. The van der Waals surface area contributed by atoms with Crippen molar-refractivity contribution >= 4 is 35.1 Å². The maximum Gasteiger partial charge on any atom is 0.326 e. The predicted octanol–water partition coefficient (Wildman–Crippen LogP) is 2.84. The first-order chi connectivity index (χ1) is 9.91. The number of aliphatic carboxylic acids is 1. The molecule has 2 rings (SSSR count). The average molecular weight is 332 g/mol. The Kier molecular flexibility index (Phi) is 4.96. The summed E-state index contributed by atoms with van der Waals surface area (Å²) in [5.74, 6) is -1.05. The van der Waals surface area contributed by atoms with Crippen molar-refractivity contribution in [1.82, 2.24) is 4.90 Å². The Morgan fingerprint density at radius 1 is 1.43 bits per heavy atom. The Morgan fingerprint density at radius 2 is 2.14 bits per heavy atom. The van der Waals surface area contributed by atoms with Crippen molar-refractivity contribution in [2.24, 2.45) is 0 Å². The molecule has 1 aromatic carbocycles. The molecular formula is C14H15Cl2NO4. The zero-order valence-corrected chi connectivity index (χ0v) is 12.9. The Labute approximate surface area is 132 Å². The summed E-state index contributed by atoms with van der Waals surface area (Å²) in [4.78, 5) is 24.8. The van der Waals surface area contributed by atoms with Crippen LogP contribution < -0.4 is 4.74 Å². The fraction of sp³-hybridized carbons (Fsp3) is 0.429. The quantitative estimate of drug-likeness (QED) is 0.921. The van der Waals surface area contributed by atoms with Crippen LogP contribution >= 0.6 is 23.2 Å². The predicted molar refractivity (Wildman–Crippen MR) is 78.9 cm³/mol. The highest BCUT2D eigenvalue weighted by molar-refractivity contribution is 6.42. The Bertz CT molecular complexity index is 564. The molecule has 114 valence electrons. The summed E-state index contributed by atoms with van der Waals surface area (Å²) in [6.07, 6.45) is 0.305. The van der Waals surface area contributed by atoms with Gasteiger partial charge >= 0.3 is 5.97 Å². The molecule has 1 unspecified atom stereocenters. The van der Waals surface area contributed by atoms with Gasteiger partial charge in [0.2, 0.25) is 0 Å². The standard InChI is InChI=1S/C14H15Cl2NO4/c1-8(21-11-6-2-4-9(15)12(11)16)13(18)17-7-3-5-10(17)14(19)20/h2,4,6,8,10H,3,5,7H2,1H3,(H,19,20)/t8?,10-/m0/s1. The highest BCUT2D eigenvalue weighted by Crippen LogP contribution is 2.32. The zero-order valence-electron chi connectivity index (χ0n) is 11.4. The third-order valence-electron chi connectivity index (χ3n) is 3.39. The van der Waals surface area contributed by atoms with E-state index in [9.17, 15) is 9.59 Å². The van der Waals surface area contributed by atoms with Gasteiger partial charge in [0.25, 0.3) is 5.91 Å². The number of benzene rings is 1. The van der Waals surface area contributed by atoms with Gasteiger partial charge in [0.15, 0.2) is 6.10 Å². The first-order valence-corrected chi connectivity index (χ1v) is 7.31. The number of likely N-dealkylation sites (tertiary alicyclic amines) is 1. The lowest BCUT2D eigenvalue weighted by Crippen LogP contribution is -2.46. The van der Waals surface area contributed by atoms with Gasteiger partial charge in [-0.1, -0.05) is 29.3 Å². The van der Waals surface area contributed by atoms with Gasteiger partial charge < -0.3 is 14.7 Å². The third kappa shape index (κ3) is 3.41. The molecule has 0 saturated carbocycles. The van der Waals surface area contributed by atoms with Crippen LogP contribution in [0.4, 0.5) is 0 Å². The summed E-state index contributed by atoms with van der Waals surface area (Å²) in [5.41, 5.74) is 0. The van der Waals surface area contributed by atoms with Crippen LogP contribution in [0, 0.1) is 0 Å². The number of rotatable bonds is 4. The van der Waals surface area contributed by atoms with E-state index in [1.807, 2.05) is 0 Å². The van der Waals surface area contributed by atoms with Gasteiger partial charge in [-0.2, -0.15) is 0 Å². The van der Waals surface area contributed by atoms with Gasteiger partial charge in [-0.3, -0.25) is 4.79 Å². The number of carboxylic acids is 1. The second kappa shape index (κ2) is 6.54. The fourth-order valence-electron chi connectivity index (χ4n) is 2.34.